The number of nitrogens with one attached hydrogen (secondary N) is 1. The quantitative estimate of drug-likeness (QED) is 0.159. The van der Waals surface area contributed by atoms with Gasteiger partial charge in [0.25, 0.3) is 5.91 Å². The Bertz CT molecular complexity index is 1440. The molecule has 0 aliphatic rings. The van der Waals surface area contributed by atoms with Crippen molar-refractivity contribution in [3.05, 3.63) is 107 Å². The highest BCUT2D eigenvalue weighted by Gasteiger charge is 2.34. The number of benzene rings is 3. The predicted molar refractivity (Wildman–Crippen MR) is 154 cm³/mol. The molecule has 212 valence electrons. The van der Waals surface area contributed by atoms with Gasteiger partial charge in [0.15, 0.2) is 5.96 Å². The third-order valence-corrected chi connectivity index (χ3v) is 6.05. The smallest absolute Gasteiger partial charge is 0.253 e. The molecule has 2 atom stereocenters. The van der Waals surface area contributed by atoms with Crippen molar-refractivity contribution < 1.29 is 23.6 Å². The highest BCUT2D eigenvalue weighted by atomic mass is 19.1. The van der Waals surface area contributed by atoms with Gasteiger partial charge < -0.3 is 22.5 Å². The molecule has 0 aromatic heterocycles. The van der Waals surface area contributed by atoms with Crippen molar-refractivity contribution in [1.29, 1.82) is 0 Å². The fraction of sp³-hybridized carbons (Fsp3) is 0.167. The van der Waals surface area contributed by atoms with Gasteiger partial charge in [0, 0.05) is 25.8 Å². The third kappa shape index (κ3) is 9.13. The first-order chi connectivity index (χ1) is 19.5. The molecule has 0 saturated carbocycles. The number of primary amides is 1. The fourth-order valence-electron chi connectivity index (χ4n) is 4.07. The van der Waals surface area contributed by atoms with E-state index in [1.807, 2.05) is 6.07 Å². The molecule has 0 saturated heterocycles. The van der Waals surface area contributed by atoms with E-state index in [9.17, 15) is 23.6 Å². The number of guanidine groups is 1. The zero-order chi connectivity index (χ0) is 29.9. The van der Waals surface area contributed by atoms with E-state index in [2.05, 4.69) is 10.3 Å². The van der Waals surface area contributed by atoms with Gasteiger partial charge in [0.2, 0.25) is 17.7 Å². The summed E-state index contributed by atoms with van der Waals surface area (Å²) >= 11 is 0. The maximum absolute atomic E-state index is 13.6. The minimum atomic E-state index is -1.36. The minimum Gasteiger partial charge on any atom is -0.370 e. The van der Waals surface area contributed by atoms with Crippen LogP contribution < -0.4 is 22.5 Å². The van der Waals surface area contributed by atoms with Crippen molar-refractivity contribution in [2.75, 3.05) is 0 Å². The van der Waals surface area contributed by atoms with Crippen molar-refractivity contribution >= 4 is 41.4 Å². The lowest BCUT2D eigenvalue weighted by Gasteiger charge is -2.29. The SMILES string of the molecule is CC(=O)N(C(=O)/C=C/c1ccccc1)C(Cc1ccc(F)cc1)C(=O)NC(Cc1ccc(N=C(N)N)cc1)C(N)=O. The Balaban J connectivity index is 1.89. The van der Waals surface area contributed by atoms with Crippen LogP contribution in [-0.4, -0.2) is 46.6 Å². The van der Waals surface area contributed by atoms with Crippen LogP contribution in [0.3, 0.4) is 0 Å². The fourth-order valence-corrected chi connectivity index (χ4v) is 4.07. The van der Waals surface area contributed by atoms with Gasteiger partial charge in [-0.3, -0.25) is 24.1 Å². The molecule has 0 radical (unpaired) electrons. The van der Waals surface area contributed by atoms with Crippen LogP contribution in [0.5, 0.6) is 0 Å². The Hall–Kier alpha value is -5.32. The molecule has 0 aliphatic heterocycles. The Kier molecular flexibility index (Phi) is 10.4. The summed E-state index contributed by atoms with van der Waals surface area (Å²) in [5, 5.41) is 2.58. The second-order valence-corrected chi connectivity index (χ2v) is 9.19. The van der Waals surface area contributed by atoms with Gasteiger partial charge in [0.1, 0.15) is 17.9 Å². The Morgan fingerprint density at radius 1 is 0.878 bits per heavy atom. The van der Waals surface area contributed by atoms with Crippen LogP contribution in [0.25, 0.3) is 6.08 Å². The van der Waals surface area contributed by atoms with Gasteiger partial charge in [-0.15, -0.1) is 0 Å². The molecule has 2 unspecified atom stereocenters. The van der Waals surface area contributed by atoms with E-state index in [0.717, 1.165) is 11.8 Å². The van der Waals surface area contributed by atoms with Crippen LogP contribution in [0.2, 0.25) is 0 Å². The minimum absolute atomic E-state index is 0.0222. The van der Waals surface area contributed by atoms with Gasteiger partial charge in [-0.25, -0.2) is 9.38 Å². The van der Waals surface area contributed by atoms with Crippen LogP contribution in [-0.2, 0) is 32.0 Å². The molecule has 0 aliphatic carbocycles. The molecular weight excluding hydrogens is 527 g/mol. The largest absolute Gasteiger partial charge is 0.370 e. The van der Waals surface area contributed by atoms with E-state index >= 15 is 0 Å². The second-order valence-electron chi connectivity index (χ2n) is 9.19. The molecule has 41 heavy (non-hydrogen) atoms. The van der Waals surface area contributed by atoms with Crippen LogP contribution in [0.15, 0.2) is 89.9 Å². The van der Waals surface area contributed by atoms with Crippen molar-refractivity contribution in [3.63, 3.8) is 0 Å². The lowest BCUT2D eigenvalue weighted by Crippen LogP contribution is -2.56. The molecule has 3 rings (SSSR count). The summed E-state index contributed by atoms with van der Waals surface area (Å²) < 4.78 is 13.5. The topological polar surface area (TPSA) is 174 Å². The third-order valence-electron chi connectivity index (χ3n) is 6.05. The number of amides is 4. The number of nitrogens with two attached hydrogens (primary N) is 3. The summed E-state index contributed by atoms with van der Waals surface area (Å²) in [5.74, 6) is -3.64. The highest BCUT2D eigenvalue weighted by molar-refractivity contribution is 6.06. The number of hydrogen-bond acceptors (Lipinski definition) is 5. The average Bonchev–Trinajstić information content (AvgIpc) is 2.93. The van der Waals surface area contributed by atoms with Gasteiger partial charge in [-0.2, -0.15) is 0 Å². The summed E-state index contributed by atoms with van der Waals surface area (Å²) in [6, 6.07) is 18.3. The van der Waals surface area contributed by atoms with Crippen LogP contribution in [0, 0.1) is 5.82 Å². The summed E-state index contributed by atoms with van der Waals surface area (Å²) in [7, 11) is 0. The maximum Gasteiger partial charge on any atom is 0.253 e. The van der Waals surface area contributed by atoms with E-state index in [0.29, 0.717) is 22.4 Å². The predicted octanol–water partition coefficient (Wildman–Crippen LogP) is 1.94. The number of nitrogens with zero attached hydrogens (tertiary/aromatic N) is 2. The monoisotopic (exact) mass is 558 g/mol. The van der Waals surface area contributed by atoms with E-state index in [-0.39, 0.29) is 18.8 Å². The number of aliphatic imine (C=N–C) groups is 1. The molecule has 4 amide bonds. The lowest BCUT2D eigenvalue weighted by molar-refractivity contribution is -0.148. The molecule has 0 heterocycles. The average molecular weight is 559 g/mol. The van der Waals surface area contributed by atoms with Gasteiger partial charge in [0.05, 0.1) is 5.69 Å². The molecule has 0 spiro atoms. The molecule has 10 nitrogen and oxygen atoms in total. The first-order valence-electron chi connectivity index (χ1n) is 12.6. The van der Waals surface area contributed by atoms with Crippen LogP contribution >= 0.6 is 0 Å². The molecule has 3 aromatic carbocycles. The Morgan fingerprint density at radius 3 is 2.02 bits per heavy atom. The van der Waals surface area contributed by atoms with Crippen molar-refractivity contribution in [1.82, 2.24) is 10.2 Å². The summed E-state index contributed by atoms with van der Waals surface area (Å²) in [4.78, 5) is 56.6. The van der Waals surface area contributed by atoms with E-state index in [1.165, 1.54) is 36.4 Å². The molecular formula is C30H31FN6O4. The summed E-state index contributed by atoms with van der Waals surface area (Å²) in [5.41, 5.74) is 18.7. The molecule has 0 bridgehead atoms. The Labute approximate surface area is 236 Å². The summed E-state index contributed by atoms with van der Waals surface area (Å²) in [6.45, 7) is 1.16. The number of halogens is 1. The second kappa shape index (κ2) is 14.2. The number of carbonyl (C=O) groups is 4. The van der Waals surface area contributed by atoms with Crippen molar-refractivity contribution in [3.8, 4) is 0 Å². The number of imide groups is 1. The lowest BCUT2D eigenvalue weighted by atomic mass is 10.0. The highest BCUT2D eigenvalue weighted by Crippen LogP contribution is 2.16. The van der Waals surface area contributed by atoms with Crippen LogP contribution in [0.1, 0.15) is 23.6 Å². The molecule has 7 N–H and O–H groups in total. The van der Waals surface area contributed by atoms with E-state index in [1.54, 1.807) is 48.5 Å². The summed E-state index contributed by atoms with van der Waals surface area (Å²) in [6.07, 6.45) is 2.60. The zero-order valence-electron chi connectivity index (χ0n) is 22.4. The normalized spacial score (nSPS) is 12.2. The maximum atomic E-state index is 13.6. The Morgan fingerprint density at radius 2 is 1.46 bits per heavy atom. The first-order valence-corrected chi connectivity index (χ1v) is 12.6. The van der Waals surface area contributed by atoms with Crippen molar-refractivity contribution in [2.24, 2.45) is 22.2 Å². The van der Waals surface area contributed by atoms with Gasteiger partial charge in [-0.1, -0.05) is 54.6 Å². The van der Waals surface area contributed by atoms with E-state index in [4.69, 9.17) is 17.2 Å². The standard InChI is InChI=1S/C30H31FN6O4/c1-19(38)37(27(39)16-11-20-5-3-2-4-6-20)26(18-22-7-12-23(31)13-8-22)29(41)36-25(28(32)40)17-21-9-14-24(15-10-21)35-30(33)34/h2-16,25-26H,17-18H2,1H3,(H2,32,40)(H,36,41)(H4,33,34,35)/b16-11+. The first kappa shape index (κ1) is 30.2. The molecule has 11 heteroatoms. The number of rotatable bonds is 11. The van der Waals surface area contributed by atoms with Gasteiger partial charge >= 0.3 is 0 Å². The van der Waals surface area contributed by atoms with Gasteiger partial charge in [-0.05, 0) is 47.0 Å². The zero-order valence-corrected chi connectivity index (χ0v) is 22.4. The molecule has 3 aromatic rings. The van der Waals surface area contributed by atoms with E-state index < -0.39 is 41.5 Å². The molecule has 0 fully saturated rings. The number of carbonyl (C=O) groups excluding carboxylic acids is 4. The van der Waals surface area contributed by atoms with Crippen molar-refractivity contribution in [2.45, 2.75) is 31.8 Å². The number of hydrogen-bond donors (Lipinski definition) is 4. The van der Waals surface area contributed by atoms with Crippen LogP contribution in [0.4, 0.5) is 10.1 Å².